The highest BCUT2D eigenvalue weighted by Gasteiger charge is 2.24. The fourth-order valence-electron chi connectivity index (χ4n) is 4.54. The van der Waals surface area contributed by atoms with Crippen molar-refractivity contribution in [2.75, 3.05) is 37.7 Å². The van der Waals surface area contributed by atoms with Crippen LogP contribution in [0.2, 0.25) is 0 Å². The molecule has 0 N–H and O–H groups in total. The van der Waals surface area contributed by atoms with E-state index < -0.39 is 0 Å². The van der Waals surface area contributed by atoms with Crippen LogP contribution in [-0.2, 0) is 6.42 Å². The number of ether oxygens (including phenoxy) is 1. The van der Waals surface area contributed by atoms with Gasteiger partial charge in [-0.2, -0.15) is 0 Å². The van der Waals surface area contributed by atoms with Crippen molar-refractivity contribution in [1.82, 2.24) is 9.88 Å². The van der Waals surface area contributed by atoms with Gasteiger partial charge in [0, 0.05) is 55.2 Å². The van der Waals surface area contributed by atoms with E-state index in [0.717, 1.165) is 55.2 Å². The number of benzene rings is 2. The Labute approximate surface area is 178 Å². The van der Waals surface area contributed by atoms with Crippen molar-refractivity contribution in [3.63, 3.8) is 0 Å². The smallest absolute Gasteiger partial charge is 0.145 e. The van der Waals surface area contributed by atoms with Crippen LogP contribution in [0.1, 0.15) is 18.2 Å². The van der Waals surface area contributed by atoms with Crippen LogP contribution >= 0.6 is 0 Å². The van der Waals surface area contributed by atoms with Gasteiger partial charge >= 0.3 is 0 Å². The van der Waals surface area contributed by atoms with Crippen LogP contribution in [0.3, 0.4) is 0 Å². The van der Waals surface area contributed by atoms with E-state index in [1.54, 1.807) is 0 Å². The van der Waals surface area contributed by atoms with Gasteiger partial charge in [-0.25, -0.2) is 0 Å². The third-order valence-corrected chi connectivity index (χ3v) is 6.21. The minimum Gasteiger partial charge on any atom is -0.486 e. The van der Waals surface area contributed by atoms with Crippen molar-refractivity contribution >= 4 is 28.5 Å². The zero-order valence-corrected chi connectivity index (χ0v) is 17.7. The number of aryl methyl sites for hydroxylation is 1. The van der Waals surface area contributed by atoms with Gasteiger partial charge in [-0.3, -0.25) is 14.9 Å². The van der Waals surface area contributed by atoms with E-state index in [-0.39, 0.29) is 0 Å². The molecule has 0 unspecified atom stereocenters. The largest absolute Gasteiger partial charge is 0.486 e. The number of hydrogen-bond donors (Lipinski definition) is 0. The van der Waals surface area contributed by atoms with Gasteiger partial charge in [0.05, 0.1) is 5.52 Å². The van der Waals surface area contributed by atoms with Gasteiger partial charge in [0.25, 0.3) is 0 Å². The second-order valence-corrected chi connectivity index (χ2v) is 8.30. The van der Waals surface area contributed by atoms with Crippen molar-refractivity contribution < 1.29 is 4.74 Å². The highest BCUT2D eigenvalue weighted by molar-refractivity contribution is 5.92. The summed E-state index contributed by atoms with van der Waals surface area (Å²) in [6, 6.07) is 17.7. The number of nitrogens with zero attached hydrogens (tertiary/aromatic N) is 4. The fourth-order valence-corrected chi connectivity index (χ4v) is 4.54. The first kappa shape index (κ1) is 19.1. The molecule has 1 fully saturated rings. The molecular formula is C25H28N4O. The Kier molecular flexibility index (Phi) is 5.13. The van der Waals surface area contributed by atoms with E-state index in [9.17, 15) is 0 Å². The molecule has 0 bridgehead atoms. The van der Waals surface area contributed by atoms with E-state index >= 15 is 0 Å². The van der Waals surface area contributed by atoms with Gasteiger partial charge in [0.15, 0.2) is 0 Å². The van der Waals surface area contributed by atoms with Gasteiger partial charge in [-0.15, -0.1) is 0 Å². The Morgan fingerprint density at radius 1 is 1.10 bits per heavy atom. The molecule has 3 heterocycles. The van der Waals surface area contributed by atoms with Crippen LogP contribution < -0.4 is 9.64 Å². The quantitative estimate of drug-likeness (QED) is 0.651. The lowest BCUT2D eigenvalue weighted by molar-refractivity contribution is 0.192. The summed E-state index contributed by atoms with van der Waals surface area (Å²) in [4.78, 5) is 14.3. The summed E-state index contributed by atoms with van der Waals surface area (Å²) in [5.41, 5.74) is 5.73. The maximum atomic E-state index is 5.61. The standard InChI is InChI=1S/C25H28N4O/c1-18-6-8-21-22(27-18)4-3-5-24(21)29-14-13-28(19(2)17-29)12-10-20-7-9-25-23(16-20)26-11-15-30-25/h3-9,11,16,19H,10,12-15,17H2,1-2H3/t19-/m1/s1. The molecule has 2 aliphatic rings. The van der Waals surface area contributed by atoms with Crippen LogP contribution in [0.15, 0.2) is 53.5 Å². The third kappa shape index (κ3) is 3.77. The summed E-state index contributed by atoms with van der Waals surface area (Å²) in [6.07, 6.45) is 2.86. The highest BCUT2D eigenvalue weighted by Crippen LogP contribution is 2.31. The van der Waals surface area contributed by atoms with Gasteiger partial charge in [-0.05, 0) is 62.2 Å². The molecule has 30 heavy (non-hydrogen) atoms. The van der Waals surface area contributed by atoms with Gasteiger partial charge in [0.2, 0.25) is 0 Å². The SMILES string of the molecule is Cc1ccc2c(N3CCN(CCc4ccc5c(c4)N=CCO5)[C@H](C)C3)cccc2n1. The highest BCUT2D eigenvalue weighted by atomic mass is 16.5. The molecule has 154 valence electrons. The molecule has 3 aromatic rings. The van der Waals surface area contributed by atoms with E-state index in [2.05, 4.69) is 77.2 Å². The van der Waals surface area contributed by atoms with Crippen LogP contribution in [-0.4, -0.2) is 54.9 Å². The number of hydrogen-bond acceptors (Lipinski definition) is 5. The minimum absolute atomic E-state index is 0.506. The zero-order valence-electron chi connectivity index (χ0n) is 17.7. The van der Waals surface area contributed by atoms with Crippen molar-refractivity contribution in [2.45, 2.75) is 26.3 Å². The van der Waals surface area contributed by atoms with Gasteiger partial charge in [-0.1, -0.05) is 12.1 Å². The normalized spacial score (nSPS) is 19.0. The van der Waals surface area contributed by atoms with Crippen molar-refractivity contribution in [2.24, 2.45) is 4.99 Å². The Morgan fingerprint density at radius 3 is 2.93 bits per heavy atom. The molecule has 0 radical (unpaired) electrons. The molecule has 1 atom stereocenters. The summed E-state index contributed by atoms with van der Waals surface area (Å²) >= 11 is 0. The lowest BCUT2D eigenvalue weighted by Gasteiger charge is -2.41. The first-order valence-corrected chi connectivity index (χ1v) is 10.8. The number of aliphatic imine (C=N–C) groups is 1. The first-order chi connectivity index (χ1) is 14.7. The fraction of sp³-hybridized carbons (Fsp3) is 0.360. The Hall–Kier alpha value is -2.92. The Bertz CT molecular complexity index is 1090. The second kappa shape index (κ2) is 8.07. The third-order valence-electron chi connectivity index (χ3n) is 6.21. The first-order valence-electron chi connectivity index (χ1n) is 10.8. The number of pyridine rings is 1. The van der Waals surface area contributed by atoms with Crippen LogP contribution in [0.25, 0.3) is 10.9 Å². The monoisotopic (exact) mass is 400 g/mol. The molecule has 0 saturated carbocycles. The summed E-state index contributed by atoms with van der Waals surface area (Å²) in [5.74, 6) is 0.892. The van der Waals surface area contributed by atoms with Gasteiger partial charge < -0.3 is 9.64 Å². The number of piperazine rings is 1. The predicted molar refractivity (Wildman–Crippen MR) is 124 cm³/mol. The van der Waals surface area contributed by atoms with Crippen LogP contribution in [0.4, 0.5) is 11.4 Å². The molecule has 5 nitrogen and oxygen atoms in total. The minimum atomic E-state index is 0.506. The molecule has 1 saturated heterocycles. The van der Waals surface area contributed by atoms with E-state index in [4.69, 9.17) is 9.72 Å². The summed E-state index contributed by atoms with van der Waals surface area (Å²) in [6.45, 7) is 9.17. The maximum absolute atomic E-state index is 5.61. The lowest BCUT2D eigenvalue weighted by atomic mass is 10.1. The number of fused-ring (bicyclic) bond motifs is 2. The molecule has 2 aliphatic heterocycles. The number of anilines is 1. The topological polar surface area (TPSA) is 41.0 Å². The summed E-state index contributed by atoms with van der Waals surface area (Å²) < 4.78 is 5.61. The Morgan fingerprint density at radius 2 is 2.03 bits per heavy atom. The summed E-state index contributed by atoms with van der Waals surface area (Å²) in [7, 11) is 0. The average molecular weight is 401 g/mol. The molecule has 0 spiro atoms. The van der Waals surface area contributed by atoms with E-state index in [1.807, 2.05) is 6.21 Å². The lowest BCUT2D eigenvalue weighted by Crippen LogP contribution is -2.52. The number of rotatable bonds is 4. The average Bonchev–Trinajstić information content (AvgIpc) is 2.77. The van der Waals surface area contributed by atoms with Crippen molar-refractivity contribution in [3.8, 4) is 5.75 Å². The molecular weight excluding hydrogens is 372 g/mol. The van der Waals surface area contributed by atoms with Gasteiger partial charge in [0.1, 0.15) is 18.0 Å². The molecule has 5 rings (SSSR count). The maximum Gasteiger partial charge on any atom is 0.145 e. The Balaban J connectivity index is 1.25. The van der Waals surface area contributed by atoms with E-state index in [0.29, 0.717) is 12.6 Å². The molecule has 0 aliphatic carbocycles. The molecule has 2 aromatic carbocycles. The number of aromatic nitrogens is 1. The zero-order chi connectivity index (χ0) is 20.5. The second-order valence-electron chi connectivity index (χ2n) is 8.30. The van der Waals surface area contributed by atoms with Crippen LogP contribution in [0.5, 0.6) is 5.75 Å². The van der Waals surface area contributed by atoms with Crippen molar-refractivity contribution in [1.29, 1.82) is 0 Å². The van der Waals surface area contributed by atoms with E-state index in [1.165, 1.54) is 16.6 Å². The molecule has 5 heteroatoms. The predicted octanol–water partition coefficient (Wildman–Crippen LogP) is 4.39. The summed E-state index contributed by atoms with van der Waals surface area (Å²) in [5, 5.41) is 1.25. The van der Waals surface area contributed by atoms with Crippen molar-refractivity contribution in [3.05, 3.63) is 59.8 Å². The molecule has 0 amide bonds. The van der Waals surface area contributed by atoms with Crippen LogP contribution in [0, 0.1) is 6.92 Å². The molecule has 1 aromatic heterocycles.